The van der Waals surface area contributed by atoms with Gasteiger partial charge in [-0.05, 0) is 35.8 Å². The van der Waals surface area contributed by atoms with Gasteiger partial charge in [-0.15, -0.1) is 0 Å². The third kappa shape index (κ3) is 6.78. The maximum absolute atomic E-state index is 13.2. The SMILES string of the molecule is O=C1/C(=C/C=C/c2ccccc2)SC(=S)N1CCCC(=O)N(Cc1ccccc1)c1ccccc1. The van der Waals surface area contributed by atoms with Gasteiger partial charge in [0.25, 0.3) is 5.91 Å². The van der Waals surface area contributed by atoms with Crippen molar-refractivity contribution in [1.82, 2.24) is 4.90 Å². The van der Waals surface area contributed by atoms with Crippen molar-refractivity contribution in [3.63, 3.8) is 0 Å². The van der Waals surface area contributed by atoms with Crippen LogP contribution in [-0.2, 0) is 16.1 Å². The molecule has 0 atom stereocenters. The Balaban J connectivity index is 1.35. The lowest BCUT2D eigenvalue weighted by molar-refractivity contribution is -0.123. The highest BCUT2D eigenvalue weighted by atomic mass is 32.2. The van der Waals surface area contributed by atoms with Crippen molar-refractivity contribution in [2.45, 2.75) is 19.4 Å². The number of benzene rings is 3. The van der Waals surface area contributed by atoms with Gasteiger partial charge in [-0.2, -0.15) is 0 Å². The zero-order valence-electron chi connectivity index (χ0n) is 19.2. The van der Waals surface area contributed by atoms with E-state index in [0.29, 0.717) is 35.2 Å². The second-order valence-electron chi connectivity index (χ2n) is 8.03. The lowest BCUT2D eigenvalue weighted by atomic mass is 10.1. The maximum atomic E-state index is 13.2. The Labute approximate surface area is 215 Å². The fraction of sp³-hybridized carbons (Fsp3) is 0.138. The molecule has 0 saturated carbocycles. The predicted molar refractivity (Wildman–Crippen MR) is 149 cm³/mol. The summed E-state index contributed by atoms with van der Waals surface area (Å²) in [7, 11) is 0. The number of thiocarbonyl (C=S) groups is 1. The zero-order chi connectivity index (χ0) is 24.5. The Morgan fingerprint density at radius 1 is 0.914 bits per heavy atom. The van der Waals surface area contributed by atoms with Crippen LogP contribution in [0.3, 0.4) is 0 Å². The normalized spacial score (nSPS) is 14.7. The van der Waals surface area contributed by atoms with Crippen LogP contribution < -0.4 is 4.90 Å². The summed E-state index contributed by atoms with van der Waals surface area (Å²) in [4.78, 5) is 30.0. The van der Waals surface area contributed by atoms with Crippen LogP contribution in [0.25, 0.3) is 6.08 Å². The highest BCUT2D eigenvalue weighted by molar-refractivity contribution is 8.26. The minimum atomic E-state index is -0.102. The van der Waals surface area contributed by atoms with Gasteiger partial charge in [-0.3, -0.25) is 14.5 Å². The molecule has 4 rings (SSSR count). The molecule has 0 N–H and O–H groups in total. The number of amides is 2. The molecule has 6 heteroatoms. The summed E-state index contributed by atoms with van der Waals surface area (Å²) in [5, 5.41) is 0. The summed E-state index contributed by atoms with van der Waals surface area (Å²) in [5.41, 5.74) is 2.99. The lowest BCUT2D eigenvalue weighted by Crippen LogP contribution is -2.33. The summed E-state index contributed by atoms with van der Waals surface area (Å²) < 4.78 is 0.533. The third-order valence-electron chi connectivity index (χ3n) is 5.53. The quantitative estimate of drug-likeness (QED) is 0.251. The molecule has 0 aromatic heterocycles. The average Bonchev–Trinajstić information content (AvgIpc) is 3.16. The topological polar surface area (TPSA) is 40.6 Å². The minimum absolute atomic E-state index is 0.0202. The Kier molecular flexibility index (Phi) is 8.65. The van der Waals surface area contributed by atoms with Crippen molar-refractivity contribution in [1.29, 1.82) is 0 Å². The van der Waals surface area contributed by atoms with E-state index in [0.717, 1.165) is 16.8 Å². The van der Waals surface area contributed by atoms with E-state index in [1.165, 1.54) is 11.8 Å². The number of anilines is 1. The Morgan fingerprint density at radius 2 is 1.54 bits per heavy atom. The van der Waals surface area contributed by atoms with E-state index in [9.17, 15) is 9.59 Å². The van der Waals surface area contributed by atoms with Gasteiger partial charge in [0.15, 0.2) is 0 Å². The van der Waals surface area contributed by atoms with E-state index in [2.05, 4.69) is 0 Å². The summed E-state index contributed by atoms with van der Waals surface area (Å²) in [6.45, 7) is 0.922. The molecular formula is C29H26N2O2S2. The first kappa shape index (κ1) is 24.6. The first-order chi connectivity index (χ1) is 17.1. The van der Waals surface area contributed by atoms with Crippen LogP contribution >= 0.6 is 24.0 Å². The van der Waals surface area contributed by atoms with Crippen LogP contribution in [0.2, 0.25) is 0 Å². The second-order valence-corrected chi connectivity index (χ2v) is 9.71. The van der Waals surface area contributed by atoms with Crippen molar-refractivity contribution < 1.29 is 9.59 Å². The Hall–Kier alpha value is -3.48. The van der Waals surface area contributed by atoms with Gasteiger partial charge < -0.3 is 4.90 Å². The number of nitrogens with zero attached hydrogens (tertiary/aromatic N) is 2. The standard InChI is InChI=1S/C29H26N2O2S2/c32-27(31(25-17-8-3-9-18-25)22-24-14-6-2-7-15-24)20-11-21-30-28(33)26(35-29(30)34)19-10-16-23-12-4-1-5-13-23/h1-10,12-19H,11,20-22H2/b16-10+,26-19-. The number of hydrogen-bond donors (Lipinski definition) is 0. The van der Waals surface area contributed by atoms with Crippen molar-refractivity contribution in [3.05, 3.63) is 119 Å². The fourth-order valence-corrected chi connectivity index (χ4v) is 5.00. The molecule has 176 valence electrons. The molecule has 0 unspecified atom stereocenters. The molecule has 0 aliphatic carbocycles. The van der Waals surface area contributed by atoms with Crippen LogP contribution in [0.15, 0.2) is 108 Å². The molecular weight excluding hydrogens is 472 g/mol. The number of para-hydroxylation sites is 1. The molecule has 1 heterocycles. The fourth-order valence-electron chi connectivity index (χ4n) is 3.74. The molecule has 1 aliphatic rings. The molecule has 2 amide bonds. The van der Waals surface area contributed by atoms with E-state index < -0.39 is 0 Å². The summed E-state index contributed by atoms with van der Waals surface area (Å²) >= 11 is 6.74. The maximum Gasteiger partial charge on any atom is 0.266 e. The van der Waals surface area contributed by atoms with E-state index in [1.54, 1.807) is 15.9 Å². The number of thioether (sulfide) groups is 1. The van der Waals surface area contributed by atoms with Crippen molar-refractivity contribution in [2.24, 2.45) is 0 Å². The zero-order valence-corrected chi connectivity index (χ0v) is 20.9. The van der Waals surface area contributed by atoms with Gasteiger partial charge in [-0.25, -0.2) is 0 Å². The van der Waals surface area contributed by atoms with Crippen LogP contribution in [0.4, 0.5) is 5.69 Å². The molecule has 0 bridgehead atoms. The van der Waals surface area contributed by atoms with Crippen molar-refractivity contribution >= 4 is 51.9 Å². The molecule has 1 aliphatic heterocycles. The van der Waals surface area contributed by atoms with E-state index in [4.69, 9.17) is 12.2 Å². The summed E-state index contributed by atoms with van der Waals surface area (Å²) in [6, 6.07) is 29.5. The first-order valence-corrected chi connectivity index (χ1v) is 12.7. The van der Waals surface area contributed by atoms with E-state index >= 15 is 0 Å². The smallest absolute Gasteiger partial charge is 0.266 e. The first-order valence-electron chi connectivity index (χ1n) is 11.5. The second kappa shape index (κ2) is 12.3. The van der Waals surface area contributed by atoms with E-state index in [1.807, 2.05) is 103 Å². The largest absolute Gasteiger partial charge is 0.308 e. The number of rotatable bonds is 9. The van der Waals surface area contributed by atoms with Crippen LogP contribution in [0.1, 0.15) is 24.0 Å². The molecule has 35 heavy (non-hydrogen) atoms. The molecule has 0 radical (unpaired) electrons. The number of allylic oxidation sites excluding steroid dienone is 2. The minimum Gasteiger partial charge on any atom is -0.308 e. The summed E-state index contributed by atoms with van der Waals surface area (Å²) in [5.74, 6) is -0.0822. The molecule has 3 aromatic rings. The average molecular weight is 499 g/mol. The highest BCUT2D eigenvalue weighted by Gasteiger charge is 2.31. The molecule has 1 fully saturated rings. The third-order valence-corrected chi connectivity index (χ3v) is 6.93. The molecule has 4 nitrogen and oxygen atoms in total. The van der Waals surface area contributed by atoms with Crippen LogP contribution in [0.5, 0.6) is 0 Å². The highest BCUT2D eigenvalue weighted by Crippen LogP contribution is 2.31. The van der Waals surface area contributed by atoms with Gasteiger partial charge in [0.05, 0.1) is 11.4 Å². The molecule has 3 aromatic carbocycles. The van der Waals surface area contributed by atoms with Crippen LogP contribution in [0, 0.1) is 0 Å². The Bertz CT molecular complexity index is 1230. The molecule has 0 spiro atoms. The van der Waals surface area contributed by atoms with Gasteiger partial charge in [0.1, 0.15) is 4.32 Å². The monoisotopic (exact) mass is 498 g/mol. The lowest BCUT2D eigenvalue weighted by Gasteiger charge is -2.24. The van der Waals surface area contributed by atoms with Gasteiger partial charge in [-0.1, -0.05) is 115 Å². The van der Waals surface area contributed by atoms with Gasteiger partial charge >= 0.3 is 0 Å². The van der Waals surface area contributed by atoms with Crippen molar-refractivity contribution in [3.8, 4) is 0 Å². The summed E-state index contributed by atoms with van der Waals surface area (Å²) in [6.07, 6.45) is 6.49. The van der Waals surface area contributed by atoms with Gasteiger partial charge in [0, 0.05) is 18.7 Å². The Morgan fingerprint density at radius 3 is 2.23 bits per heavy atom. The van der Waals surface area contributed by atoms with Gasteiger partial charge in [0.2, 0.25) is 5.91 Å². The van der Waals surface area contributed by atoms with E-state index in [-0.39, 0.29) is 11.8 Å². The van der Waals surface area contributed by atoms with Crippen LogP contribution in [-0.4, -0.2) is 27.6 Å². The van der Waals surface area contributed by atoms with Crippen molar-refractivity contribution in [2.75, 3.05) is 11.4 Å². The molecule has 1 saturated heterocycles. The number of hydrogen-bond acceptors (Lipinski definition) is 4. The number of carbonyl (C=O) groups excluding carboxylic acids is 2. The number of carbonyl (C=O) groups is 2. The predicted octanol–water partition coefficient (Wildman–Crippen LogP) is 6.46.